The first kappa shape index (κ1) is 22.1. The Balaban J connectivity index is 1.62. The molecule has 6 heteroatoms. The summed E-state index contributed by atoms with van der Waals surface area (Å²) in [6, 6.07) is -0.411. The Hall–Kier alpha value is -1.59. The van der Waals surface area contributed by atoms with Crippen molar-refractivity contribution in [2.45, 2.75) is 96.6 Å². The molecule has 3 aliphatic rings. The second-order valence-corrected chi connectivity index (χ2v) is 9.75. The molecule has 0 bridgehead atoms. The van der Waals surface area contributed by atoms with Gasteiger partial charge in [-0.2, -0.15) is 0 Å². The standard InChI is InChI=1S/C23H39N3O3/c1-4-13-26-21(28)19(16-17(2)3)24-22(29)23(26)11-14-25(15-12-23)20(27)10-9-18-7-5-6-8-18/h17-19H,4-16H2,1-3H3,(H,24,29). The molecule has 1 aliphatic carbocycles. The molecular formula is C23H39N3O3. The first-order valence-corrected chi connectivity index (χ1v) is 11.8. The Kier molecular flexibility index (Phi) is 7.23. The van der Waals surface area contributed by atoms with Crippen molar-refractivity contribution >= 4 is 17.7 Å². The Morgan fingerprint density at radius 2 is 1.83 bits per heavy atom. The molecule has 0 aromatic rings. The molecule has 164 valence electrons. The second-order valence-electron chi connectivity index (χ2n) is 9.75. The summed E-state index contributed by atoms with van der Waals surface area (Å²) in [6.45, 7) is 7.94. The fourth-order valence-electron chi connectivity index (χ4n) is 5.46. The van der Waals surface area contributed by atoms with Crippen molar-refractivity contribution in [3.63, 3.8) is 0 Å². The van der Waals surface area contributed by atoms with E-state index in [9.17, 15) is 14.4 Å². The van der Waals surface area contributed by atoms with Crippen LogP contribution in [0.2, 0.25) is 0 Å². The quantitative estimate of drug-likeness (QED) is 0.708. The lowest BCUT2D eigenvalue weighted by atomic mass is 9.80. The Labute approximate surface area is 175 Å². The number of piperazine rings is 1. The van der Waals surface area contributed by atoms with Crippen molar-refractivity contribution in [3.05, 3.63) is 0 Å². The predicted molar refractivity (Wildman–Crippen MR) is 113 cm³/mol. The summed E-state index contributed by atoms with van der Waals surface area (Å²) in [5.74, 6) is 1.32. The summed E-state index contributed by atoms with van der Waals surface area (Å²) in [4.78, 5) is 42.8. The number of nitrogens with one attached hydrogen (secondary N) is 1. The van der Waals surface area contributed by atoms with E-state index in [2.05, 4.69) is 19.2 Å². The van der Waals surface area contributed by atoms with E-state index < -0.39 is 11.6 Å². The molecule has 6 nitrogen and oxygen atoms in total. The Morgan fingerprint density at radius 3 is 2.41 bits per heavy atom. The van der Waals surface area contributed by atoms with Crippen LogP contribution in [0.5, 0.6) is 0 Å². The van der Waals surface area contributed by atoms with Crippen molar-refractivity contribution in [1.29, 1.82) is 0 Å². The average molecular weight is 406 g/mol. The number of hydrogen-bond donors (Lipinski definition) is 1. The van der Waals surface area contributed by atoms with Crippen molar-refractivity contribution in [1.82, 2.24) is 15.1 Å². The monoisotopic (exact) mass is 405 g/mol. The molecule has 1 saturated carbocycles. The summed E-state index contributed by atoms with van der Waals surface area (Å²) in [5.41, 5.74) is -0.775. The lowest BCUT2D eigenvalue weighted by Crippen LogP contribution is -2.73. The van der Waals surface area contributed by atoms with Crippen LogP contribution in [0.25, 0.3) is 0 Å². The summed E-state index contributed by atoms with van der Waals surface area (Å²) >= 11 is 0. The van der Waals surface area contributed by atoms with E-state index in [1.807, 2.05) is 16.7 Å². The highest BCUT2D eigenvalue weighted by molar-refractivity contribution is 6.00. The molecule has 0 aromatic heterocycles. The molecule has 1 unspecified atom stereocenters. The molecule has 2 heterocycles. The first-order chi connectivity index (χ1) is 13.9. The fourth-order valence-corrected chi connectivity index (χ4v) is 5.46. The van der Waals surface area contributed by atoms with Gasteiger partial charge in [0.05, 0.1) is 0 Å². The van der Waals surface area contributed by atoms with Gasteiger partial charge < -0.3 is 15.1 Å². The molecule has 1 N–H and O–H groups in total. The van der Waals surface area contributed by atoms with E-state index >= 15 is 0 Å². The molecule has 2 saturated heterocycles. The minimum atomic E-state index is -0.775. The fraction of sp³-hybridized carbons (Fsp3) is 0.870. The highest BCUT2D eigenvalue weighted by Gasteiger charge is 2.53. The minimum Gasteiger partial charge on any atom is -0.342 e. The van der Waals surface area contributed by atoms with E-state index in [4.69, 9.17) is 0 Å². The van der Waals surface area contributed by atoms with E-state index in [1.165, 1.54) is 25.7 Å². The molecule has 0 radical (unpaired) electrons. The van der Waals surface area contributed by atoms with E-state index in [0.717, 1.165) is 18.8 Å². The van der Waals surface area contributed by atoms with Gasteiger partial charge in [-0.15, -0.1) is 0 Å². The molecular weight excluding hydrogens is 366 g/mol. The highest BCUT2D eigenvalue weighted by atomic mass is 16.2. The molecule has 0 aromatic carbocycles. The zero-order chi connectivity index (χ0) is 21.0. The van der Waals surface area contributed by atoms with Crippen molar-refractivity contribution in [3.8, 4) is 0 Å². The topological polar surface area (TPSA) is 69.7 Å². The van der Waals surface area contributed by atoms with Crippen LogP contribution in [0.4, 0.5) is 0 Å². The Bertz CT molecular complexity index is 604. The van der Waals surface area contributed by atoms with Crippen LogP contribution in [-0.4, -0.2) is 58.7 Å². The molecule has 3 fully saturated rings. The van der Waals surface area contributed by atoms with Crippen LogP contribution in [0.3, 0.4) is 0 Å². The average Bonchev–Trinajstić information content (AvgIpc) is 3.21. The van der Waals surface area contributed by atoms with Gasteiger partial charge >= 0.3 is 0 Å². The smallest absolute Gasteiger partial charge is 0.246 e. The number of carbonyl (C=O) groups excluding carboxylic acids is 3. The maximum absolute atomic E-state index is 13.2. The van der Waals surface area contributed by atoms with Gasteiger partial charge in [0.1, 0.15) is 11.6 Å². The van der Waals surface area contributed by atoms with Gasteiger partial charge in [-0.05, 0) is 43.9 Å². The van der Waals surface area contributed by atoms with Gasteiger partial charge in [-0.1, -0.05) is 46.5 Å². The van der Waals surface area contributed by atoms with Crippen molar-refractivity contribution < 1.29 is 14.4 Å². The molecule has 1 atom stereocenters. The van der Waals surface area contributed by atoms with Crippen LogP contribution < -0.4 is 5.32 Å². The maximum Gasteiger partial charge on any atom is 0.246 e. The highest BCUT2D eigenvalue weighted by Crippen LogP contribution is 2.35. The van der Waals surface area contributed by atoms with E-state index in [1.54, 1.807) is 0 Å². The first-order valence-electron chi connectivity index (χ1n) is 11.8. The summed E-state index contributed by atoms with van der Waals surface area (Å²) < 4.78 is 0. The zero-order valence-electron chi connectivity index (χ0n) is 18.5. The van der Waals surface area contributed by atoms with Gasteiger partial charge in [0.2, 0.25) is 17.7 Å². The van der Waals surface area contributed by atoms with Gasteiger partial charge in [0, 0.05) is 26.1 Å². The molecule has 1 spiro atoms. The lowest BCUT2D eigenvalue weighted by Gasteiger charge is -2.51. The zero-order valence-corrected chi connectivity index (χ0v) is 18.5. The number of piperidine rings is 1. The van der Waals surface area contributed by atoms with Crippen LogP contribution in [0, 0.1) is 11.8 Å². The number of hydrogen-bond acceptors (Lipinski definition) is 3. The normalized spacial score (nSPS) is 25.2. The van der Waals surface area contributed by atoms with E-state index in [-0.39, 0.29) is 17.7 Å². The second kappa shape index (κ2) is 9.48. The van der Waals surface area contributed by atoms with Crippen LogP contribution >= 0.6 is 0 Å². The van der Waals surface area contributed by atoms with Crippen molar-refractivity contribution in [2.24, 2.45) is 11.8 Å². The van der Waals surface area contributed by atoms with Crippen LogP contribution in [0.1, 0.15) is 85.0 Å². The van der Waals surface area contributed by atoms with E-state index in [0.29, 0.717) is 51.2 Å². The molecule has 3 amide bonds. The minimum absolute atomic E-state index is 0.0192. The number of nitrogens with zero attached hydrogens (tertiary/aromatic N) is 2. The number of carbonyl (C=O) groups is 3. The third-order valence-electron chi connectivity index (χ3n) is 7.15. The van der Waals surface area contributed by atoms with Crippen molar-refractivity contribution in [2.75, 3.05) is 19.6 Å². The lowest BCUT2D eigenvalue weighted by molar-refractivity contribution is -0.162. The summed E-state index contributed by atoms with van der Waals surface area (Å²) in [6.07, 6.45) is 9.37. The number of likely N-dealkylation sites (tertiary alicyclic amines) is 1. The molecule has 2 aliphatic heterocycles. The largest absolute Gasteiger partial charge is 0.342 e. The van der Waals surface area contributed by atoms with Gasteiger partial charge in [-0.25, -0.2) is 0 Å². The summed E-state index contributed by atoms with van der Waals surface area (Å²) in [5, 5.41) is 3.02. The maximum atomic E-state index is 13.2. The Morgan fingerprint density at radius 1 is 1.17 bits per heavy atom. The molecule has 3 rings (SSSR count). The SMILES string of the molecule is CCCN1C(=O)C(CC(C)C)NC(=O)C12CCN(C(=O)CCC1CCCC1)CC2. The number of amides is 3. The third-order valence-corrected chi connectivity index (χ3v) is 7.15. The van der Waals surface area contributed by atoms with Crippen LogP contribution in [0.15, 0.2) is 0 Å². The van der Waals surface area contributed by atoms with Gasteiger partial charge in [0.25, 0.3) is 0 Å². The summed E-state index contributed by atoms with van der Waals surface area (Å²) in [7, 11) is 0. The van der Waals surface area contributed by atoms with Crippen LogP contribution in [-0.2, 0) is 14.4 Å². The van der Waals surface area contributed by atoms with Gasteiger partial charge in [0.15, 0.2) is 0 Å². The van der Waals surface area contributed by atoms with Gasteiger partial charge in [-0.3, -0.25) is 14.4 Å². The predicted octanol–water partition coefficient (Wildman–Crippen LogP) is 3.10. The third kappa shape index (κ3) is 4.77. The molecule has 29 heavy (non-hydrogen) atoms. The number of rotatable bonds is 7.